The van der Waals surface area contributed by atoms with E-state index in [1.165, 1.54) is 5.70 Å². The normalized spacial score (nSPS) is 18.7. The SMILES string of the molecule is CC1C=CC=C(N(C2=CC=C=C=C2)c2ccc(B(O)O)cc2)C1. The third-order valence-electron chi connectivity index (χ3n) is 3.90. The molecule has 0 bridgehead atoms. The number of hydrogen-bond acceptors (Lipinski definition) is 3. The summed E-state index contributed by atoms with van der Waals surface area (Å²) in [6.07, 6.45) is 13.1. The van der Waals surface area contributed by atoms with Crippen molar-refractivity contribution in [3.05, 3.63) is 83.6 Å². The fourth-order valence-electron chi connectivity index (χ4n) is 2.74. The van der Waals surface area contributed by atoms with Crippen LogP contribution in [0.1, 0.15) is 13.3 Å². The summed E-state index contributed by atoms with van der Waals surface area (Å²) in [6, 6.07) is 7.26. The zero-order valence-electron chi connectivity index (χ0n) is 13.0. The van der Waals surface area contributed by atoms with E-state index in [4.69, 9.17) is 0 Å². The van der Waals surface area contributed by atoms with E-state index in [-0.39, 0.29) is 0 Å². The summed E-state index contributed by atoms with van der Waals surface area (Å²) in [6.45, 7) is 2.19. The number of allylic oxidation sites excluding steroid dienone is 7. The molecule has 0 aliphatic heterocycles. The van der Waals surface area contributed by atoms with Gasteiger partial charge in [0.05, 0.1) is 5.70 Å². The highest BCUT2D eigenvalue weighted by molar-refractivity contribution is 6.58. The number of hydrogen-bond donors (Lipinski definition) is 2. The fraction of sp³-hybridized carbons (Fsp3) is 0.158. The van der Waals surface area contributed by atoms with E-state index in [2.05, 4.69) is 41.5 Å². The molecule has 0 radical (unpaired) electrons. The maximum absolute atomic E-state index is 9.27. The lowest BCUT2D eigenvalue weighted by atomic mass is 9.80. The second-order valence-electron chi connectivity index (χ2n) is 5.72. The van der Waals surface area contributed by atoms with Gasteiger partial charge in [-0.05, 0) is 48.2 Å². The van der Waals surface area contributed by atoms with Gasteiger partial charge in [0.2, 0.25) is 0 Å². The first-order chi connectivity index (χ1) is 11.1. The highest BCUT2D eigenvalue weighted by Gasteiger charge is 2.19. The number of benzene rings is 1. The summed E-state index contributed by atoms with van der Waals surface area (Å²) in [5.74, 6) is 0.482. The molecule has 1 aromatic carbocycles. The summed E-state index contributed by atoms with van der Waals surface area (Å²) in [5.41, 5.74) is 9.58. The van der Waals surface area contributed by atoms with Crippen LogP contribution in [-0.2, 0) is 0 Å². The van der Waals surface area contributed by atoms with Gasteiger partial charge in [-0.2, -0.15) is 0 Å². The summed E-state index contributed by atoms with van der Waals surface area (Å²) in [5, 5.41) is 18.5. The standard InChI is InChI=1S/C19H18BNO2/c1-15-6-5-9-19(14-15)21(17-7-3-2-4-8-17)18-12-10-16(11-13-18)20(22)23/h3,5-13,15,22-23H,14H2,1H3. The molecule has 3 nitrogen and oxygen atoms in total. The number of nitrogens with zero attached hydrogens (tertiary/aromatic N) is 1. The van der Waals surface area contributed by atoms with Crippen molar-refractivity contribution < 1.29 is 10.0 Å². The zero-order valence-corrected chi connectivity index (χ0v) is 13.0. The van der Waals surface area contributed by atoms with Crippen LogP contribution in [0.5, 0.6) is 0 Å². The lowest BCUT2D eigenvalue weighted by molar-refractivity contribution is 0.426. The molecule has 3 rings (SSSR count). The van der Waals surface area contributed by atoms with E-state index < -0.39 is 7.12 Å². The van der Waals surface area contributed by atoms with Crippen LogP contribution in [0.15, 0.2) is 83.6 Å². The molecule has 23 heavy (non-hydrogen) atoms. The van der Waals surface area contributed by atoms with Crippen LogP contribution in [0, 0.1) is 5.92 Å². The Hall–Kier alpha value is -2.48. The minimum Gasteiger partial charge on any atom is -0.423 e. The maximum Gasteiger partial charge on any atom is 0.488 e. The minimum atomic E-state index is -1.45. The molecular weight excluding hydrogens is 285 g/mol. The molecular formula is C19H18BNO2. The first kappa shape index (κ1) is 15.4. The Bertz CT molecular complexity index is 774. The third kappa shape index (κ3) is 3.48. The molecule has 1 unspecified atom stereocenters. The molecule has 2 aliphatic rings. The van der Waals surface area contributed by atoms with Crippen LogP contribution >= 0.6 is 0 Å². The lowest BCUT2D eigenvalue weighted by Gasteiger charge is -2.31. The van der Waals surface area contributed by atoms with Crippen molar-refractivity contribution in [1.29, 1.82) is 0 Å². The van der Waals surface area contributed by atoms with E-state index in [0.29, 0.717) is 11.4 Å². The van der Waals surface area contributed by atoms with Gasteiger partial charge in [-0.1, -0.05) is 42.7 Å². The van der Waals surface area contributed by atoms with E-state index in [0.717, 1.165) is 17.8 Å². The van der Waals surface area contributed by atoms with Crippen molar-refractivity contribution in [2.45, 2.75) is 13.3 Å². The van der Waals surface area contributed by atoms with Crippen molar-refractivity contribution >= 4 is 18.3 Å². The van der Waals surface area contributed by atoms with Gasteiger partial charge in [-0.25, -0.2) is 0 Å². The molecule has 114 valence electrons. The van der Waals surface area contributed by atoms with E-state index in [1.54, 1.807) is 12.1 Å². The fourth-order valence-corrected chi connectivity index (χ4v) is 2.74. The third-order valence-corrected chi connectivity index (χ3v) is 3.90. The zero-order chi connectivity index (χ0) is 16.2. The van der Waals surface area contributed by atoms with Crippen LogP contribution in [-0.4, -0.2) is 17.2 Å². The molecule has 0 spiro atoms. The monoisotopic (exact) mass is 303 g/mol. The molecule has 0 fully saturated rings. The predicted octanol–water partition coefficient (Wildman–Crippen LogP) is 2.42. The van der Waals surface area contributed by atoms with Gasteiger partial charge in [0.15, 0.2) is 0 Å². The molecule has 0 saturated carbocycles. The quantitative estimate of drug-likeness (QED) is 0.663. The Balaban J connectivity index is 2.00. The summed E-state index contributed by atoms with van der Waals surface area (Å²) >= 11 is 0. The molecule has 0 aromatic heterocycles. The topological polar surface area (TPSA) is 43.7 Å². The van der Waals surface area contributed by atoms with E-state index in [9.17, 15) is 10.0 Å². The van der Waals surface area contributed by atoms with Gasteiger partial charge in [0.1, 0.15) is 0 Å². The summed E-state index contributed by atoms with van der Waals surface area (Å²) < 4.78 is 0. The molecule has 1 atom stereocenters. The van der Waals surface area contributed by atoms with Gasteiger partial charge in [-0.3, -0.25) is 0 Å². The Morgan fingerprint density at radius 2 is 1.91 bits per heavy atom. The molecule has 0 heterocycles. The van der Waals surface area contributed by atoms with Crippen molar-refractivity contribution in [3.8, 4) is 0 Å². The smallest absolute Gasteiger partial charge is 0.423 e. The van der Waals surface area contributed by atoms with Gasteiger partial charge >= 0.3 is 7.12 Å². The molecule has 0 amide bonds. The second kappa shape index (κ2) is 6.74. The van der Waals surface area contributed by atoms with E-state index in [1.807, 2.05) is 30.4 Å². The number of rotatable bonds is 4. The van der Waals surface area contributed by atoms with Crippen LogP contribution < -0.4 is 10.4 Å². The first-order valence-corrected chi connectivity index (χ1v) is 7.66. The molecule has 2 N–H and O–H groups in total. The number of anilines is 1. The van der Waals surface area contributed by atoms with Crippen LogP contribution in [0.2, 0.25) is 0 Å². The average Bonchev–Trinajstić information content (AvgIpc) is 2.57. The van der Waals surface area contributed by atoms with Gasteiger partial charge in [0, 0.05) is 17.5 Å². The van der Waals surface area contributed by atoms with Crippen LogP contribution in [0.3, 0.4) is 0 Å². The van der Waals surface area contributed by atoms with Gasteiger partial charge in [0.25, 0.3) is 0 Å². The van der Waals surface area contributed by atoms with Crippen molar-refractivity contribution in [2.24, 2.45) is 5.92 Å². The van der Waals surface area contributed by atoms with E-state index >= 15 is 0 Å². The highest BCUT2D eigenvalue weighted by atomic mass is 16.4. The molecule has 4 heteroatoms. The average molecular weight is 303 g/mol. The summed E-state index contributed by atoms with van der Waals surface area (Å²) in [4.78, 5) is 2.16. The Morgan fingerprint density at radius 1 is 1.13 bits per heavy atom. The Morgan fingerprint density at radius 3 is 2.52 bits per heavy atom. The minimum absolute atomic E-state index is 0.479. The molecule has 2 aliphatic carbocycles. The largest absolute Gasteiger partial charge is 0.488 e. The van der Waals surface area contributed by atoms with Gasteiger partial charge in [-0.15, -0.1) is 0 Å². The lowest BCUT2D eigenvalue weighted by Crippen LogP contribution is -2.30. The first-order valence-electron chi connectivity index (χ1n) is 7.66. The van der Waals surface area contributed by atoms with Crippen LogP contribution in [0.25, 0.3) is 0 Å². The van der Waals surface area contributed by atoms with Crippen molar-refractivity contribution in [3.63, 3.8) is 0 Å². The van der Waals surface area contributed by atoms with Crippen molar-refractivity contribution in [2.75, 3.05) is 4.90 Å². The van der Waals surface area contributed by atoms with Gasteiger partial charge < -0.3 is 14.9 Å². The second-order valence-corrected chi connectivity index (χ2v) is 5.72. The van der Waals surface area contributed by atoms with Crippen LogP contribution in [0.4, 0.5) is 5.69 Å². The predicted molar refractivity (Wildman–Crippen MR) is 94.0 cm³/mol. The van der Waals surface area contributed by atoms with Crippen molar-refractivity contribution in [1.82, 2.24) is 0 Å². The Kier molecular flexibility index (Phi) is 4.52. The highest BCUT2D eigenvalue weighted by Crippen LogP contribution is 2.30. The molecule has 0 saturated heterocycles. The maximum atomic E-state index is 9.27. The summed E-state index contributed by atoms with van der Waals surface area (Å²) in [7, 11) is -1.45. The Labute approximate surface area is 136 Å². The molecule has 1 aromatic rings.